The first-order valence-corrected chi connectivity index (χ1v) is 10.3. The topological polar surface area (TPSA) is 137 Å². The summed E-state index contributed by atoms with van der Waals surface area (Å²) in [5.41, 5.74) is 0.721. The van der Waals surface area contributed by atoms with Gasteiger partial charge in [-0.05, 0) is 36.4 Å². The molecule has 10 nitrogen and oxygen atoms in total. The summed E-state index contributed by atoms with van der Waals surface area (Å²) in [6, 6.07) is 9.54. The second kappa shape index (κ2) is 7.24. The van der Waals surface area contributed by atoms with Gasteiger partial charge in [-0.1, -0.05) is 0 Å². The number of nitrogens with one attached hydrogen (secondary N) is 2. The second-order valence-corrected chi connectivity index (χ2v) is 8.35. The third kappa shape index (κ3) is 4.09. The van der Waals surface area contributed by atoms with Crippen LogP contribution in [0.3, 0.4) is 0 Å². The van der Waals surface area contributed by atoms with Crippen LogP contribution in [0.1, 0.15) is 6.42 Å². The normalized spacial score (nSPS) is 19.9. The van der Waals surface area contributed by atoms with E-state index in [1.807, 2.05) is 0 Å². The highest BCUT2D eigenvalue weighted by Crippen LogP contribution is 2.34. The van der Waals surface area contributed by atoms with Crippen molar-refractivity contribution in [1.82, 2.24) is 0 Å². The van der Waals surface area contributed by atoms with E-state index in [0.717, 1.165) is 0 Å². The van der Waals surface area contributed by atoms with Gasteiger partial charge in [-0.3, -0.25) is 19.6 Å². The summed E-state index contributed by atoms with van der Waals surface area (Å²) in [5.74, 6) is -0.190. The first-order valence-electron chi connectivity index (χ1n) is 8.80. The Morgan fingerprint density at radius 1 is 1.03 bits per heavy atom. The molecule has 1 aliphatic heterocycles. The maximum Gasteiger partial charge on any atom is 0.262 e. The first kappa shape index (κ1) is 19.0. The van der Waals surface area contributed by atoms with Crippen molar-refractivity contribution in [3.63, 3.8) is 0 Å². The molecule has 0 aromatic heterocycles. The van der Waals surface area contributed by atoms with Crippen LogP contribution in [-0.2, 0) is 14.8 Å². The number of sulfonamides is 1. The number of rotatable bonds is 6. The summed E-state index contributed by atoms with van der Waals surface area (Å²) >= 11 is 0. The molecule has 0 radical (unpaired) electrons. The quantitative estimate of drug-likeness (QED) is 0.538. The van der Waals surface area contributed by atoms with Crippen LogP contribution in [0, 0.1) is 16.0 Å². The van der Waals surface area contributed by atoms with E-state index in [-0.39, 0.29) is 11.3 Å². The molecule has 29 heavy (non-hydrogen) atoms. The number of nitro groups is 1. The summed E-state index contributed by atoms with van der Waals surface area (Å²) in [6.45, 7) is 0.758. The highest BCUT2D eigenvalue weighted by molar-refractivity contribution is 7.92. The number of amides is 1. The zero-order chi connectivity index (χ0) is 20.6. The number of hydrogen-bond donors (Lipinski definition) is 2. The SMILES string of the molecule is O=C(Nc1ccc(NS(=O)(=O)c2ccc3c(c2)OCCO3)cc1)[C@H]1C[C@H]1[N+](=O)[O-]. The van der Waals surface area contributed by atoms with Gasteiger partial charge in [0, 0.05) is 28.8 Å². The number of ether oxygens (including phenoxy) is 2. The molecular formula is C18H17N3O7S. The molecule has 1 aliphatic carbocycles. The van der Waals surface area contributed by atoms with E-state index >= 15 is 0 Å². The molecule has 1 saturated carbocycles. The Morgan fingerprint density at radius 3 is 2.34 bits per heavy atom. The van der Waals surface area contributed by atoms with Gasteiger partial charge in [-0.25, -0.2) is 8.42 Å². The molecule has 2 aromatic rings. The zero-order valence-corrected chi connectivity index (χ0v) is 15.8. The van der Waals surface area contributed by atoms with E-state index in [1.54, 1.807) is 0 Å². The molecule has 0 unspecified atom stereocenters. The van der Waals surface area contributed by atoms with E-state index in [0.29, 0.717) is 36.1 Å². The summed E-state index contributed by atoms with van der Waals surface area (Å²) in [4.78, 5) is 22.2. The molecule has 1 amide bonds. The number of anilines is 2. The number of fused-ring (bicyclic) bond motifs is 1. The Balaban J connectivity index is 1.42. The molecule has 1 fully saturated rings. The minimum Gasteiger partial charge on any atom is -0.486 e. The first-order chi connectivity index (χ1) is 13.8. The minimum absolute atomic E-state index is 0.0266. The van der Waals surface area contributed by atoms with Crippen molar-refractivity contribution >= 4 is 27.3 Å². The molecule has 2 aliphatic rings. The molecular weight excluding hydrogens is 402 g/mol. The Labute approximate surface area is 166 Å². The molecule has 4 rings (SSSR count). The van der Waals surface area contributed by atoms with Crippen molar-refractivity contribution < 1.29 is 27.6 Å². The number of nitrogens with zero attached hydrogens (tertiary/aromatic N) is 1. The lowest BCUT2D eigenvalue weighted by Gasteiger charge is -2.19. The summed E-state index contributed by atoms with van der Waals surface area (Å²) in [7, 11) is -3.85. The molecule has 0 bridgehead atoms. The van der Waals surface area contributed by atoms with E-state index < -0.39 is 32.8 Å². The Kier molecular flexibility index (Phi) is 4.74. The van der Waals surface area contributed by atoms with E-state index in [9.17, 15) is 23.3 Å². The highest BCUT2D eigenvalue weighted by Gasteiger charge is 2.53. The number of carbonyl (C=O) groups is 1. The summed E-state index contributed by atoms with van der Waals surface area (Å²) in [6.07, 6.45) is 0.228. The lowest BCUT2D eigenvalue weighted by molar-refractivity contribution is -0.497. The second-order valence-electron chi connectivity index (χ2n) is 6.67. The molecule has 2 aromatic carbocycles. The largest absolute Gasteiger partial charge is 0.486 e. The lowest BCUT2D eigenvalue weighted by atomic mass is 10.2. The van der Waals surface area contributed by atoms with Crippen molar-refractivity contribution in [2.45, 2.75) is 17.4 Å². The fourth-order valence-electron chi connectivity index (χ4n) is 2.96. The fraction of sp³-hybridized carbons (Fsp3) is 0.278. The number of carbonyl (C=O) groups excluding carboxylic acids is 1. The van der Waals surface area contributed by atoms with Crippen molar-refractivity contribution in [1.29, 1.82) is 0 Å². The average Bonchev–Trinajstić information content (AvgIpc) is 3.50. The van der Waals surface area contributed by atoms with Gasteiger partial charge in [0.2, 0.25) is 11.9 Å². The fourth-order valence-corrected chi connectivity index (χ4v) is 4.03. The smallest absolute Gasteiger partial charge is 0.262 e. The number of hydrogen-bond acceptors (Lipinski definition) is 7. The summed E-state index contributed by atoms with van der Waals surface area (Å²) in [5, 5.41) is 13.2. The maximum absolute atomic E-state index is 12.6. The predicted molar refractivity (Wildman–Crippen MR) is 102 cm³/mol. The summed E-state index contributed by atoms with van der Waals surface area (Å²) < 4.78 is 38.5. The third-order valence-corrected chi connectivity index (χ3v) is 5.97. The van der Waals surface area contributed by atoms with Crippen LogP contribution in [0.4, 0.5) is 11.4 Å². The van der Waals surface area contributed by atoms with Crippen LogP contribution in [0.2, 0.25) is 0 Å². The Hall–Kier alpha value is -3.34. The van der Waals surface area contributed by atoms with Gasteiger partial charge in [0.25, 0.3) is 10.0 Å². The van der Waals surface area contributed by atoms with Crippen LogP contribution in [0.5, 0.6) is 11.5 Å². The van der Waals surface area contributed by atoms with Gasteiger partial charge in [-0.2, -0.15) is 0 Å². The van der Waals surface area contributed by atoms with Crippen LogP contribution < -0.4 is 19.5 Å². The van der Waals surface area contributed by atoms with Gasteiger partial charge >= 0.3 is 0 Å². The van der Waals surface area contributed by atoms with E-state index in [1.165, 1.54) is 42.5 Å². The Morgan fingerprint density at radius 2 is 1.69 bits per heavy atom. The van der Waals surface area contributed by atoms with Crippen molar-refractivity contribution in [2.24, 2.45) is 5.92 Å². The van der Waals surface area contributed by atoms with E-state index in [4.69, 9.17) is 9.47 Å². The molecule has 152 valence electrons. The molecule has 0 spiro atoms. The molecule has 0 saturated heterocycles. The highest BCUT2D eigenvalue weighted by atomic mass is 32.2. The standard InChI is InChI=1S/C18H17N3O7S/c22-18(14-10-15(14)21(23)24)19-11-1-3-12(4-2-11)20-29(25,26)13-5-6-16-17(9-13)28-8-7-27-16/h1-6,9,14-15,20H,7-8,10H2,(H,19,22)/t14-,15+/m0/s1. The maximum atomic E-state index is 12.6. The lowest BCUT2D eigenvalue weighted by Crippen LogP contribution is -2.18. The molecule has 1 heterocycles. The van der Waals surface area contributed by atoms with Crippen LogP contribution in [0.15, 0.2) is 47.4 Å². The predicted octanol–water partition coefficient (Wildman–Crippen LogP) is 1.86. The van der Waals surface area contributed by atoms with Gasteiger partial charge < -0.3 is 14.8 Å². The van der Waals surface area contributed by atoms with Crippen LogP contribution >= 0.6 is 0 Å². The molecule has 2 N–H and O–H groups in total. The average molecular weight is 419 g/mol. The van der Waals surface area contributed by atoms with Crippen LogP contribution in [0.25, 0.3) is 0 Å². The van der Waals surface area contributed by atoms with Crippen molar-refractivity contribution in [3.8, 4) is 11.5 Å². The third-order valence-electron chi connectivity index (χ3n) is 4.59. The van der Waals surface area contributed by atoms with Gasteiger partial charge in [0.05, 0.1) is 4.90 Å². The van der Waals surface area contributed by atoms with Gasteiger partial charge in [0.15, 0.2) is 11.5 Å². The molecule has 2 atom stereocenters. The molecule has 11 heteroatoms. The minimum atomic E-state index is -3.85. The van der Waals surface area contributed by atoms with Gasteiger partial charge in [-0.15, -0.1) is 0 Å². The Bertz CT molecular complexity index is 1070. The zero-order valence-electron chi connectivity index (χ0n) is 15.0. The van der Waals surface area contributed by atoms with Gasteiger partial charge in [0.1, 0.15) is 19.1 Å². The van der Waals surface area contributed by atoms with E-state index in [2.05, 4.69) is 10.0 Å². The van der Waals surface area contributed by atoms with Crippen molar-refractivity contribution in [2.75, 3.05) is 23.3 Å². The monoisotopic (exact) mass is 419 g/mol. The van der Waals surface area contributed by atoms with Crippen molar-refractivity contribution in [3.05, 3.63) is 52.6 Å². The number of benzene rings is 2. The van der Waals surface area contributed by atoms with Crippen LogP contribution in [-0.4, -0.2) is 38.5 Å².